The monoisotopic (exact) mass is 305 g/mol. The van der Waals surface area contributed by atoms with Crippen molar-refractivity contribution < 1.29 is 0 Å². The van der Waals surface area contributed by atoms with Gasteiger partial charge in [-0.2, -0.15) is 16.4 Å². The molecule has 0 aromatic carbocycles. The SMILES string of the molecule is CN(C)[C@@H](CNC[C@H]1CNc2ccnn2C1)c1ccsc1. The first-order valence-corrected chi connectivity index (χ1v) is 8.33. The molecular formula is C15H23N5S. The largest absolute Gasteiger partial charge is 0.370 e. The van der Waals surface area contributed by atoms with Gasteiger partial charge in [-0.25, -0.2) is 4.68 Å². The molecule has 1 aliphatic heterocycles. The minimum Gasteiger partial charge on any atom is -0.370 e. The number of hydrogen-bond acceptors (Lipinski definition) is 5. The maximum atomic E-state index is 4.34. The minimum absolute atomic E-state index is 0.438. The van der Waals surface area contributed by atoms with Crippen molar-refractivity contribution >= 4 is 17.2 Å². The highest BCUT2D eigenvalue weighted by atomic mass is 32.1. The Morgan fingerprint density at radius 1 is 1.52 bits per heavy atom. The number of nitrogens with zero attached hydrogens (tertiary/aromatic N) is 3. The zero-order valence-corrected chi connectivity index (χ0v) is 13.4. The number of hydrogen-bond donors (Lipinski definition) is 2. The highest BCUT2D eigenvalue weighted by Gasteiger charge is 2.19. The third kappa shape index (κ3) is 3.45. The summed E-state index contributed by atoms with van der Waals surface area (Å²) in [5.41, 5.74) is 1.40. The van der Waals surface area contributed by atoms with Crippen molar-refractivity contribution in [1.82, 2.24) is 20.0 Å². The van der Waals surface area contributed by atoms with E-state index in [0.717, 1.165) is 32.0 Å². The molecular weight excluding hydrogens is 282 g/mol. The van der Waals surface area contributed by atoms with E-state index in [-0.39, 0.29) is 0 Å². The Labute approximate surface area is 130 Å². The maximum Gasteiger partial charge on any atom is 0.124 e. The fourth-order valence-electron chi connectivity index (χ4n) is 2.81. The van der Waals surface area contributed by atoms with Crippen LogP contribution in [0.2, 0.25) is 0 Å². The van der Waals surface area contributed by atoms with Gasteiger partial charge in [0.1, 0.15) is 5.82 Å². The number of anilines is 1. The van der Waals surface area contributed by atoms with Crippen LogP contribution in [0.4, 0.5) is 5.82 Å². The lowest BCUT2D eigenvalue weighted by atomic mass is 10.1. The second-order valence-electron chi connectivity index (χ2n) is 5.84. The van der Waals surface area contributed by atoms with Crippen LogP contribution in [-0.2, 0) is 6.54 Å². The van der Waals surface area contributed by atoms with E-state index in [9.17, 15) is 0 Å². The second kappa shape index (κ2) is 6.60. The molecule has 21 heavy (non-hydrogen) atoms. The lowest BCUT2D eigenvalue weighted by Crippen LogP contribution is -2.38. The molecule has 2 N–H and O–H groups in total. The van der Waals surface area contributed by atoms with Crippen LogP contribution in [0.3, 0.4) is 0 Å². The molecule has 6 heteroatoms. The van der Waals surface area contributed by atoms with Crippen LogP contribution in [0.5, 0.6) is 0 Å². The van der Waals surface area contributed by atoms with Gasteiger partial charge in [0.15, 0.2) is 0 Å². The molecule has 0 unspecified atom stereocenters. The van der Waals surface area contributed by atoms with E-state index in [1.807, 2.05) is 12.3 Å². The van der Waals surface area contributed by atoms with Gasteiger partial charge in [-0.3, -0.25) is 0 Å². The Morgan fingerprint density at radius 2 is 2.43 bits per heavy atom. The van der Waals surface area contributed by atoms with Crippen LogP contribution < -0.4 is 10.6 Å². The van der Waals surface area contributed by atoms with E-state index in [1.54, 1.807) is 11.3 Å². The van der Waals surface area contributed by atoms with E-state index >= 15 is 0 Å². The van der Waals surface area contributed by atoms with Crippen LogP contribution in [0.15, 0.2) is 29.1 Å². The highest BCUT2D eigenvalue weighted by molar-refractivity contribution is 7.07. The van der Waals surface area contributed by atoms with E-state index in [2.05, 4.69) is 56.2 Å². The number of nitrogens with one attached hydrogen (secondary N) is 2. The van der Waals surface area contributed by atoms with Gasteiger partial charge in [0.2, 0.25) is 0 Å². The average molecular weight is 305 g/mol. The maximum absolute atomic E-state index is 4.34. The van der Waals surface area contributed by atoms with Crippen molar-refractivity contribution in [2.75, 3.05) is 39.0 Å². The Morgan fingerprint density at radius 3 is 3.19 bits per heavy atom. The standard InChI is InChI=1S/C15H23N5S/c1-19(2)14(13-4-6-21-11-13)9-16-7-12-8-17-15-3-5-18-20(15)10-12/h3-6,11-12,14,16-17H,7-10H2,1-2H3/t12-,14-/m0/s1. The van der Waals surface area contributed by atoms with Crippen molar-refractivity contribution in [2.45, 2.75) is 12.6 Å². The number of fused-ring (bicyclic) bond motifs is 1. The van der Waals surface area contributed by atoms with E-state index < -0.39 is 0 Å². The third-order valence-electron chi connectivity index (χ3n) is 4.04. The van der Waals surface area contributed by atoms with Crippen LogP contribution in [0, 0.1) is 5.92 Å². The molecule has 0 spiro atoms. The molecule has 0 radical (unpaired) electrons. The predicted molar refractivity (Wildman–Crippen MR) is 87.8 cm³/mol. The molecule has 2 aromatic rings. The van der Waals surface area contributed by atoms with E-state index in [1.165, 1.54) is 5.56 Å². The Bertz CT molecular complexity index is 548. The summed E-state index contributed by atoms with van der Waals surface area (Å²) in [6.07, 6.45) is 1.86. The van der Waals surface area contributed by atoms with Crippen molar-refractivity contribution in [3.63, 3.8) is 0 Å². The Balaban J connectivity index is 1.49. The zero-order valence-electron chi connectivity index (χ0n) is 12.6. The molecule has 0 fully saturated rings. The highest BCUT2D eigenvalue weighted by Crippen LogP contribution is 2.20. The molecule has 3 heterocycles. The fourth-order valence-corrected chi connectivity index (χ4v) is 3.52. The molecule has 0 bridgehead atoms. The summed E-state index contributed by atoms with van der Waals surface area (Å²) in [6, 6.07) is 4.69. The van der Waals surface area contributed by atoms with Crippen molar-refractivity contribution in [3.8, 4) is 0 Å². The summed E-state index contributed by atoms with van der Waals surface area (Å²) in [5.74, 6) is 1.72. The summed E-state index contributed by atoms with van der Waals surface area (Å²) in [7, 11) is 4.28. The first kappa shape index (κ1) is 14.6. The smallest absolute Gasteiger partial charge is 0.124 e. The molecule has 2 aromatic heterocycles. The molecule has 0 amide bonds. The molecule has 0 saturated carbocycles. The van der Waals surface area contributed by atoms with Gasteiger partial charge in [0, 0.05) is 44.2 Å². The molecule has 5 nitrogen and oxygen atoms in total. The van der Waals surface area contributed by atoms with Crippen LogP contribution in [0.1, 0.15) is 11.6 Å². The Hall–Kier alpha value is -1.37. The number of thiophene rings is 1. The first-order chi connectivity index (χ1) is 10.2. The van der Waals surface area contributed by atoms with Crippen LogP contribution in [0.25, 0.3) is 0 Å². The second-order valence-corrected chi connectivity index (χ2v) is 6.62. The van der Waals surface area contributed by atoms with Crippen molar-refractivity contribution in [1.29, 1.82) is 0 Å². The number of rotatable bonds is 6. The summed E-state index contributed by atoms with van der Waals surface area (Å²) >= 11 is 1.76. The molecule has 3 rings (SSSR count). The molecule has 0 aliphatic carbocycles. The van der Waals surface area contributed by atoms with Crippen molar-refractivity contribution in [2.24, 2.45) is 5.92 Å². The lowest BCUT2D eigenvalue weighted by Gasteiger charge is -2.28. The van der Waals surface area contributed by atoms with Crippen molar-refractivity contribution in [3.05, 3.63) is 34.7 Å². The molecule has 114 valence electrons. The predicted octanol–water partition coefficient (Wildman–Crippen LogP) is 1.88. The molecule has 0 saturated heterocycles. The van der Waals surface area contributed by atoms with Crippen LogP contribution in [-0.4, -0.2) is 48.4 Å². The molecule has 1 aliphatic rings. The summed E-state index contributed by atoms with van der Waals surface area (Å²) in [5, 5.41) is 15.8. The van der Waals surface area contributed by atoms with Gasteiger partial charge in [-0.1, -0.05) is 0 Å². The van der Waals surface area contributed by atoms with Gasteiger partial charge >= 0.3 is 0 Å². The van der Waals surface area contributed by atoms with Gasteiger partial charge in [-0.15, -0.1) is 0 Å². The topological polar surface area (TPSA) is 45.1 Å². The van der Waals surface area contributed by atoms with Gasteiger partial charge in [-0.05, 0) is 36.5 Å². The summed E-state index contributed by atoms with van der Waals surface area (Å²) in [6.45, 7) is 4.00. The van der Waals surface area contributed by atoms with Gasteiger partial charge < -0.3 is 15.5 Å². The number of aromatic nitrogens is 2. The minimum atomic E-state index is 0.438. The van der Waals surface area contributed by atoms with E-state index in [0.29, 0.717) is 12.0 Å². The first-order valence-electron chi connectivity index (χ1n) is 7.39. The average Bonchev–Trinajstić information content (AvgIpc) is 3.13. The lowest BCUT2D eigenvalue weighted by molar-refractivity contribution is 0.280. The normalized spacial score (nSPS) is 19.3. The quantitative estimate of drug-likeness (QED) is 0.855. The van der Waals surface area contributed by atoms with Gasteiger partial charge in [0.05, 0.1) is 6.20 Å². The Kier molecular flexibility index (Phi) is 4.57. The van der Waals surface area contributed by atoms with Crippen LogP contribution >= 0.6 is 11.3 Å². The number of likely N-dealkylation sites (N-methyl/N-ethyl adjacent to an activating group) is 1. The summed E-state index contributed by atoms with van der Waals surface area (Å²) < 4.78 is 2.05. The third-order valence-corrected chi connectivity index (χ3v) is 4.74. The summed E-state index contributed by atoms with van der Waals surface area (Å²) in [4.78, 5) is 2.28. The zero-order chi connectivity index (χ0) is 14.7. The van der Waals surface area contributed by atoms with E-state index in [4.69, 9.17) is 0 Å². The fraction of sp³-hybridized carbons (Fsp3) is 0.533. The van der Waals surface area contributed by atoms with Gasteiger partial charge in [0.25, 0.3) is 0 Å². The molecule has 2 atom stereocenters.